The number of nitrogens with zero attached hydrogens (tertiary/aromatic N) is 5. The third-order valence-electron chi connectivity index (χ3n) is 6.79. The van der Waals surface area contributed by atoms with Gasteiger partial charge in [-0.1, -0.05) is 6.07 Å². The van der Waals surface area contributed by atoms with Gasteiger partial charge in [-0.25, -0.2) is 22.8 Å². The van der Waals surface area contributed by atoms with Gasteiger partial charge >= 0.3 is 12.0 Å². The molecule has 5 aromatic rings. The summed E-state index contributed by atoms with van der Waals surface area (Å²) >= 11 is 0. The molecule has 6 rings (SSSR count). The second-order valence-corrected chi connectivity index (χ2v) is 11.4. The van der Waals surface area contributed by atoms with Gasteiger partial charge in [-0.3, -0.25) is 4.40 Å². The van der Waals surface area contributed by atoms with E-state index < -0.39 is 32.7 Å². The number of alkyl halides is 3. The molecule has 0 spiro atoms. The third-order valence-corrected chi connectivity index (χ3v) is 8.66. The first-order valence-electron chi connectivity index (χ1n) is 12.6. The molecule has 0 saturated carbocycles. The van der Waals surface area contributed by atoms with Crippen LogP contribution in [0.4, 0.5) is 23.5 Å². The zero-order valence-electron chi connectivity index (χ0n) is 21.2. The average molecular weight is 587 g/mol. The number of benzene rings is 2. The van der Waals surface area contributed by atoms with Crippen molar-refractivity contribution in [1.82, 2.24) is 23.7 Å². The fourth-order valence-corrected chi connectivity index (χ4v) is 6.41. The van der Waals surface area contributed by atoms with Crippen molar-refractivity contribution in [3.05, 3.63) is 84.6 Å². The largest absolute Gasteiger partial charge is 0.432 e. The van der Waals surface area contributed by atoms with E-state index in [1.165, 1.54) is 22.7 Å². The van der Waals surface area contributed by atoms with Gasteiger partial charge in [-0.05, 0) is 61.4 Å². The topological polar surface area (TPSA) is 106 Å². The SMILES string of the molecule is O=S(=O)(c1cccc(C(F)(F)F)c1)N1CCC[C@@H](Nc2nccc(-c3c(-c4ccc(F)cc4)nc4occn34)n2)C1. The molecule has 1 fully saturated rings. The lowest BCUT2D eigenvalue weighted by Gasteiger charge is -2.32. The Kier molecular flexibility index (Phi) is 6.74. The summed E-state index contributed by atoms with van der Waals surface area (Å²) in [5.41, 5.74) is 1.21. The van der Waals surface area contributed by atoms with Crippen molar-refractivity contribution in [2.45, 2.75) is 30.0 Å². The smallest absolute Gasteiger partial charge is 0.416 e. The molecule has 1 aliphatic heterocycles. The molecule has 0 amide bonds. The van der Waals surface area contributed by atoms with E-state index in [1.807, 2.05) is 0 Å². The first-order chi connectivity index (χ1) is 19.6. The van der Waals surface area contributed by atoms with E-state index in [9.17, 15) is 26.0 Å². The number of rotatable bonds is 6. The molecule has 14 heteroatoms. The summed E-state index contributed by atoms with van der Waals surface area (Å²) in [5.74, 6) is 0.160. The van der Waals surface area contributed by atoms with E-state index in [0.717, 1.165) is 18.2 Å². The number of halogens is 4. The van der Waals surface area contributed by atoms with Crippen molar-refractivity contribution in [3.8, 4) is 22.6 Å². The van der Waals surface area contributed by atoms with Crippen LogP contribution in [0.2, 0.25) is 0 Å². The van der Waals surface area contributed by atoms with Crippen molar-refractivity contribution < 1.29 is 30.4 Å². The number of nitrogens with one attached hydrogen (secondary N) is 1. The van der Waals surface area contributed by atoms with E-state index >= 15 is 0 Å². The Labute approximate surface area is 231 Å². The average Bonchev–Trinajstić information content (AvgIpc) is 3.55. The Morgan fingerprint density at radius 2 is 1.85 bits per heavy atom. The van der Waals surface area contributed by atoms with E-state index in [2.05, 4.69) is 20.3 Å². The predicted octanol–water partition coefficient (Wildman–Crippen LogP) is 5.47. The monoisotopic (exact) mass is 586 g/mol. The molecule has 3 aromatic heterocycles. The van der Waals surface area contributed by atoms with Crippen molar-refractivity contribution in [3.63, 3.8) is 0 Å². The van der Waals surface area contributed by atoms with Crippen LogP contribution in [0, 0.1) is 5.82 Å². The van der Waals surface area contributed by atoms with Gasteiger partial charge in [0, 0.05) is 37.1 Å². The molecule has 9 nitrogen and oxygen atoms in total. The number of imidazole rings is 1. The lowest BCUT2D eigenvalue weighted by atomic mass is 10.1. The van der Waals surface area contributed by atoms with Crippen molar-refractivity contribution in [1.29, 1.82) is 0 Å². The maximum Gasteiger partial charge on any atom is 0.416 e. The number of sulfonamides is 1. The molecular weight excluding hydrogens is 564 g/mol. The quantitative estimate of drug-likeness (QED) is 0.263. The maximum absolute atomic E-state index is 13.5. The predicted molar refractivity (Wildman–Crippen MR) is 141 cm³/mol. The van der Waals surface area contributed by atoms with Crippen LogP contribution < -0.4 is 5.32 Å². The third kappa shape index (κ3) is 5.27. The minimum absolute atomic E-state index is 0.0195. The summed E-state index contributed by atoms with van der Waals surface area (Å²) in [6, 6.07) is 10.9. The molecule has 1 saturated heterocycles. The highest BCUT2D eigenvalue weighted by atomic mass is 32.2. The van der Waals surface area contributed by atoms with E-state index in [4.69, 9.17) is 4.42 Å². The zero-order valence-corrected chi connectivity index (χ0v) is 22.0. The molecule has 2 aromatic carbocycles. The van der Waals surface area contributed by atoms with Crippen LogP contribution in [0.5, 0.6) is 0 Å². The van der Waals surface area contributed by atoms with Crippen LogP contribution in [0.15, 0.2) is 82.6 Å². The minimum atomic E-state index is -4.66. The molecule has 0 unspecified atom stereocenters. The lowest BCUT2D eigenvalue weighted by Crippen LogP contribution is -2.45. The molecule has 1 N–H and O–H groups in total. The van der Waals surface area contributed by atoms with Crippen LogP contribution in [0.1, 0.15) is 18.4 Å². The van der Waals surface area contributed by atoms with Gasteiger partial charge in [0.2, 0.25) is 16.0 Å². The second kappa shape index (κ2) is 10.3. The van der Waals surface area contributed by atoms with Gasteiger partial charge in [-0.2, -0.15) is 22.5 Å². The van der Waals surface area contributed by atoms with Crippen LogP contribution in [0.3, 0.4) is 0 Å². The second-order valence-electron chi connectivity index (χ2n) is 9.51. The molecule has 0 radical (unpaired) electrons. The van der Waals surface area contributed by atoms with Crippen molar-refractivity contribution in [2.24, 2.45) is 0 Å². The highest BCUT2D eigenvalue weighted by molar-refractivity contribution is 7.89. The van der Waals surface area contributed by atoms with Crippen molar-refractivity contribution >= 4 is 21.8 Å². The standard InChI is InChI=1S/C27H22F4N6O3S/c28-19-8-6-17(7-9-19)23-24(37-13-14-40-26(37)35-23)22-10-11-32-25(34-22)33-20-4-2-12-36(16-20)41(38,39)21-5-1-3-18(15-21)27(29,30)31/h1,3,5-11,13-15,20H,2,4,12,16H2,(H,32,33,34)/t20-/m1/s1. The van der Waals surface area contributed by atoms with Crippen molar-refractivity contribution in [2.75, 3.05) is 18.4 Å². The van der Waals surface area contributed by atoms with Gasteiger partial charge in [0.25, 0.3) is 0 Å². The Bertz CT molecular complexity index is 1820. The van der Waals surface area contributed by atoms with Crippen LogP contribution in [0.25, 0.3) is 28.5 Å². The number of hydrogen-bond donors (Lipinski definition) is 1. The van der Waals surface area contributed by atoms with Gasteiger partial charge in [0.15, 0.2) is 0 Å². The summed E-state index contributed by atoms with van der Waals surface area (Å²) in [4.78, 5) is 13.0. The van der Waals surface area contributed by atoms with E-state index in [-0.39, 0.29) is 24.9 Å². The van der Waals surface area contributed by atoms with Gasteiger partial charge in [0.1, 0.15) is 23.5 Å². The Balaban J connectivity index is 1.26. The summed E-state index contributed by atoms with van der Waals surface area (Å²) in [6.07, 6.45) is 1.12. The molecule has 1 atom stereocenters. The molecule has 1 aliphatic rings. The van der Waals surface area contributed by atoms with Crippen LogP contribution in [-0.2, 0) is 16.2 Å². The summed E-state index contributed by atoms with van der Waals surface area (Å²) in [6.45, 7) is 0.193. The first-order valence-corrected chi connectivity index (χ1v) is 14.0. The van der Waals surface area contributed by atoms with Gasteiger partial charge in [-0.15, -0.1) is 0 Å². The normalized spacial score (nSPS) is 16.7. The number of fused-ring (bicyclic) bond motifs is 1. The summed E-state index contributed by atoms with van der Waals surface area (Å²) < 4.78 is 87.9. The highest BCUT2D eigenvalue weighted by Gasteiger charge is 2.35. The van der Waals surface area contributed by atoms with Gasteiger partial charge in [0.05, 0.1) is 16.2 Å². The molecule has 4 heterocycles. The highest BCUT2D eigenvalue weighted by Crippen LogP contribution is 2.34. The Morgan fingerprint density at radius 3 is 2.63 bits per heavy atom. The minimum Gasteiger partial charge on any atom is -0.432 e. The Morgan fingerprint density at radius 1 is 1.05 bits per heavy atom. The summed E-state index contributed by atoms with van der Waals surface area (Å²) in [7, 11) is -4.17. The molecule has 0 aliphatic carbocycles. The maximum atomic E-state index is 13.5. The number of oxazole rings is 1. The van der Waals surface area contributed by atoms with Gasteiger partial charge < -0.3 is 9.73 Å². The van der Waals surface area contributed by atoms with Crippen LogP contribution >= 0.6 is 0 Å². The molecule has 212 valence electrons. The summed E-state index contributed by atoms with van der Waals surface area (Å²) in [5, 5.41) is 3.17. The number of hydrogen-bond acceptors (Lipinski definition) is 7. The molecular formula is C27H22F4N6O3S. The fourth-order valence-electron chi connectivity index (χ4n) is 4.84. The van der Waals surface area contributed by atoms with Crippen LogP contribution in [-0.4, -0.2) is 51.2 Å². The Hall–Kier alpha value is -4.30. The molecule has 41 heavy (non-hydrogen) atoms. The molecule has 0 bridgehead atoms. The number of aromatic nitrogens is 4. The van der Waals surface area contributed by atoms with E-state index in [1.54, 1.807) is 35.0 Å². The lowest BCUT2D eigenvalue weighted by molar-refractivity contribution is -0.137. The first kappa shape index (κ1) is 26.9. The fraction of sp³-hybridized carbons (Fsp3) is 0.222. The van der Waals surface area contributed by atoms with E-state index in [0.29, 0.717) is 47.4 Å². The number of piperidine rings is 1. The number of anilines is 1. The zero-order chi connectivity index (χ0) is 28.8.